The number of carbonyl (C=O) groups excluding carboxylic acids is 2. The normalized spacial score (nSPS) is 10.2. The van der Waals surface area contributed by atoms with Crippen molar-refractivity contribution in [2.45, 2.75) is 5.75 Å². The number of furan rings is 1. The van der Waals surface area contributed by atoms with E-state index < -0.39 is 0 Å². The number of carbonyl (C=O) groups is 2. The maximum atomic E-state index is 11.8. The Morgan fingerprint density at radius 2 is 1.90 bits per heavy atom. The van der Waals surface area contributed by atoms with Crippen LogP contribution >= 0.6 is 11.8 Å². The highest BCUT2D eigenvalue weighted by atomic mass is 32.2. The van der Waals surface area contributed by atoms with Crippen molar-refractivity contribution < 1.29 is 14.0 Å². The molecule has 2 rings (SSSR count). The molecule has 0 radical (unpaired) electrons. The lowest BCUT2D eigenvalue weighted by molar-refractivity contribution is -0.118. The summed E-state index contributed by atoms with van der Waals surface area (Å²) >= 11 is 1.45. The van der Waals surface area contributed by atoms with Gasteiger partial charge in [-0.25, -0.2) is 0 Å². The van der Waals surface area contributed by atoms with E-state index in [1.165, 1.54) is 11.8 Å². The predicted molar refractivity (Wildman–Crippen MR) is 78.7 cm³/mol. The van der Waals surface area contributed by atoms with Crippen LogP contribution in [0.4, 0.5) is 0 Å². The highest BCUT2D eigenvalue weighted by Gasteiger charge is 2.08. The number of hydrogen-bond acceptors (Lipinski definition) is 4. The van der Waals surface area contributed by atoms with E-state index in [0.717, 1.165) is 5.76 Å². The molecule has 0 atom stereocenters. The second-order valence-electron chi connectivity index (χ2n) is 4.14. The number of Topliss-reactive ketones (excluding diaryl/α,β-unsaturated/α-hetero) is 1. The first-order chi connectivity index (χ1) is 9.75. The predicted octanol–water partition coefficient (Wildman–Crippen LogP) is 2.51. The molecule has 104 valence electrons. The monoisotopic (exact) mass is 289 g/mol. The molecule has 0 aliphatic heterocycles. The van der Waals surface area contributed by atoms with Crippen molar-refractivity contribution in [3.05, 3.63) is 60.1 Å². The maximum Gasteiger partial charge on any atom is 0.230 e. The largest absolute Gasteiger partial charge is 0.468 e. The Hall–Kier alpha value is -2.01. The van der Waals surface area contributed by atoms with Gasteiger partial charge in [0.15, 0.2) is 5.78 Å². The molecule has 1 heterocycles. The molecular formula is C15H15NO3S. The van der Waals surface area contributed by atoms with Crippen LogP contribution in [-0.4, -0.2) is 24.0 Å². The number of benzene rings is 1. The highest BCUT2D eigenvalue weighted by Crippen LogP contribution is 2.11. The number of rotatable bonds is 7. The fraction of sp³-hybridized carbons (Fsp3) is 0.200. The minimum Gasteiger partial charge on any atom is -0.468 e. The summed E-state index contributed by atoms with van der Waals surface area (Å²) in [6, 6.07) is 12.6. The van der Waals surface area contributed by atoms with Crippen molar-refractivity contribution >= 4 is 23.5 Å². The van der Waals surface area contributed by atoms with Crippen LogP contribution in [0, 0.1) is 0 Å². The van der Waals surface area contributed by atoms with Crippen molar-refractivity contribution in [3.63, 3.8) is 0 Å². The van der Waals surface area contributed by atoms with Crippen molar-refractivity contribution in [3.8, 4) is 0 Å². The molecule has 0 spiro atoms. The number of amides is 1. The Bertz CT molecular complexity index is 552. The smallest absolute Gasteiger partial charge is 0.230 e. The van der Waals surface area contributed by atoms with Crippen molar-refractivity contribution in [2.24, 2.45) is 0 Å². The quantitative estimate of drug-likeness (QED) is 0.796. The van der Waals surface area contributed by atoms with Crippen LogP contribution in [-0.2, 0) is 10.5 Å². The van der Waals surface area contributed by atoms with Gasteiger partial charge in [0.25, 0.3) is 0 Å². The van der Waals surface area contributed by atoms with Gasteiger partial charge in [0.1, 0.15) is 5.76 Å². The maximum absolute atomic E-state index is 11.8. The molecule has 4 nitrogen and oxygen atoms in total. The zero-order valence-electron chi connectivity index (χ0n) is 10.9. The first kappa shape index (κ1) is 14.4. The van der Waals surface area contributed by atoms with Crippen LogP contribution in [0.25, 0.3) is 0 Å². The summed E-state index contributed by atoms with van der Waals surface area (Å²) in [4.78, 5) is 23.4. The van der Waals surface area contributed by atoms with Gasteiger partial charge in [-0.05, 0) is 12.1 Å². The number of thioether (sulfide) groups is 1. The van der Waals surface area contributed by atoms with E-state index in [9.17, 15) is 9.59 Å². The van der Waals surface area contributed by atoms with Crippen molar-refractivity contribution in [1.29, 1.82) is 0 Å². The first-order valence-electron chi connectivity index (χ1n) is 6.21. The van der Waals surface area contributed by atoms with Crippen LogP contribution < -0.4 is 5.32 Å². The standard InChI is InChI=1S/C15H15NO3S/c17-14(12-5-2-1-3-6-12)9-16-15(18)11-20-10-13-7-4-8-19-13/h1-8H,9-11H2,(H,16,18). The third-order valence-electron chi connectivity index (χ3n) is 2.60. The molecule has 1 aromatic heterocycles. The van der Waals surface area contributed by atoms with Gasteiger partial charge >= 0.3 is 0 Å². The summed E-state index contributed by atoms with van der Waals surface area (Å²) < 4.78 is 5.16. The lowest BCUT2D eigenvalue weighted by Crippen LogP contribution is -2.30. The molecule has 20 heavy (non-hydrogen) atoms. The van der Waals surface area contributed by atoms with Crippen molar-refractivity contribution in [1.82, 2.24) is 5.32 Å². The molecule has 0 unspecified atom stereocenters. The summed E-state index contributed by atoms with van der Waals surface area (Å²) in [5.74, 6) is 1.56. The zero-order valence-corrected chi connectivity index (χ0v) is 11.7. The summed E-state index contributed by atoms with van der Waals surface area (Å²) in [7, 11) is 0. The van der Waals surface area contributed by atoms with E-state index in [2.05, 4.69) is 5.32 Å². The van der Waals surface area contributed by atoms with E-state index in [4.69, 9.17) is 4.42 Å². The molecule has 0 bridgehead atoms. The van der Waals surface area contributed by atoms with E-state index in [1.807, 2.05) is 18.2 Å². The van der Waals surface area contributed by atoms with Crippen LogP contribution in [0.15, 0.2) is 53.1 Å². The molecule has 5 heteroatoms. The number of nitrogens with one attached hydrogen (secondary N) is 1. The van der Waals surface area contributed by atoms with Gasteiger partial charge in [-0.3, -0.25) is 9.59 Å². The molecule has 1 N–H and O–H groups in total. The second-order valence-corrected chi connectivity index (χ2v) is 5.12. The molecule has 0 saturated carbocycles. The van der Waals surface area contributed by atoms with Crippen LogP contribution in [0.5, 0.6) is 0 Å². The molecule has 0 aliphatic rings. The zero-order chi connectivity index (χ0) is 14.2. The van der Waals surface area contributed by atoms with E-state index in [0.29, 0.717) is 17.1 Å². The summed E-state index contributed by atoms with van der Waals surface area (Å²) in [5, 5.41) is 2.62. The second kappa shape index (κ2) is 7.55. The molecule has 0 aliphatic carbocycles. The first-order valence-corrected chi connectivity index (χ1v) is 7.36. The highest BCUT2D eigenvalue weighted by molar-refractivity contribution is 7.99. The Kier molecular flexibility index (Phi) is 5.43. The van der Waals surface area contributed by atoms with Gasteiger partial charge in [-0.15, -0.1) is 11.8 Å². The Labute approximate surface area is 121 Å². The number of ketones is 1. The van der Waals surface area contributed by atoms with Gasteiger partial charge in [-0.2, -0.15) is 0 Å². The van der Waals surface area contributed by atoms with E-state index in [-0.39, 0.29) is 18.2 Å². The molecule has 1 amide bonds. The summed E-state index contributed by atoms with van der Waals surface area (Å²) in [5.41, 5.74) is 0.607. The third kappa shape index (κ3) is 4.59. The van der Waals surface area contributed by atoms with Gasteiger partial charge in [-0.1, -0.05) is 30.3 Å². The average molecular weight is 289 g/mol. The molecule has 0 fully saturated rings. The Morgan fingerprint density at radius 1 is 1.10 bits per heavy atom. The molecule has 0 saturated heterocycles. The SMILES string of the molecule is O=C(CSCc1ccco1)NCC(=O)c1ccccc1. The Balaban J connectivity index is 1.66. The molecule has 1 aromatic carbocycles. The lowest BCUT2D eigenvalue weighted by atomic mass is 10.1. The van der Waals surface area contributed by atoms with Gasteiger partial charge in [0.2, 0.25) is 5.91 Å². The number of hydrogen-bond donors (Lipinski definition) is 1. The fourth-order valence-electron chi connectivity index (χ4n) is 1.60. The van der Waals surface area contributed by atoms with Crippen LogP contribution in [0.3, 0.4) is 0 Å². The van der Waals surface area contributed by atoms with Crippen LogP contribution in [0.2, 0.25) is 0 Å². The fourth-order valence-corrected chi connectivity index (χ4v) is 2.35. The Morgan fingerprint density at radius 3 is 2.60 bits per heavy atom. The minimum absolute atomic E-state index is 0.0319. The summed E-state index contributed by atoms with van der Waals surface area (Å²) in [6.45, 7) is 0.0319. The summed E-state index contributed by atoms with van der Waals surface area (Å²) in [6.07, 6.45) is 1.61. The van der Waals surface area contributed by atoms with Gasteiger partial charge in [0, 0.05) is 5.56 Å². The lowest BCUT2D eigenvalue weighted by Gasteiger charge is -2.04. The van der Waals surface area contributed by atoms with E-state index in [1.54, 1.807) is 30.5 Å². The van der Waals surface area contributed by atoms with E-state index >= 15 is 0 Å². The molecular weight excluding hydrogens is 274 g/mol. The molecule has 2 aromatic rings. The van der Waals surface area contributed by atoms with Crippen molar-refractivity contribution in [2.75, 3.05) is 12.3 Å². The van der Waals surface area contributed by atoms with Crippen LogP contribution in [0.1, 0.15) is 16.1 Å². The van der Waals surface area contributed by atoms with Gasteiger partial charge < -0.3 is 9.73 Å². The topological polar surface area (TPSA) is 59.3 Å². The minimum atomic E-state index is -0.147. The third-order valence-corrected chi connectivity index (χ3v) is 3.55. The average Bonchev–Trinajstić information content (AvgIpc) is 2.99. The van der Waals surface area contributed by atoms with Gasteiger partial charge in [0.05, 0.1) is 24.3 Å².